The van der Waals surface area contributed by atoms with Crippen LogP contribution < -0.4 is 10.0 Å². The fraction of sp³-hybridized carbons (Fsp3) is 0.333. The topological polar surface area (TPSA) is 58.2 Å². The Balaban J connectivity index is 1.61. The summed E-state index contributed by atoms with van der Waals surface area (Å²) < 4.78 is 27.0. The number of thiophene rings is 1. The van der Waals surface area contributed by atoms with Crippen molar-refractivity contribution < 1.29 is 8.42 Å². The maximum atomic E-state index is 12.2. The third-order valence-corrected chi connectivity index (χ3v) is 5.60. The minimum Gasteiger partial charge on any atom is -0.310 e. The lowest BCUT2D eigenvalue weighted by molar-refractivity contribution is 0.581. The predicted molar refractivity (Wildman–Crippen MR) is 84.6 cm³/mol. The van der Waals surface area contributed by atoms with E-state index in [1.54, 1.807) is 23.5 Å². The van der Waals surface area contributed by atoms with Gasteiger partial charge in [0.25, 0.3) is 0 Å². The van der Waals surface area contributed by atoms with Crippen LogP contribution in [0.1, 0.15) is 24.0 Å². The molecule has 112 valence electrons. The molecule has 0 unspecified atom stereocenters. The van der Waals surface area contributed by atoms with Crippen molar-refractivity contribution in [1.82, 2.24) is 10.0 Å². The van der Waals surface area contributed by atoms with Crippen LogP contribution in [-0.4, -0.2) is 14.5 Å². The number of benzene rings is 1. The lowest BCUT2D eigenvalue weighted by Gasteiger charge is -2.07. The average molecular weight is 322 g/mol. The Morgan fingerprint density at radius 1 is 1.05 bits per heavy atom. The predicted octanol–water partition coefficient (Wildman–Crippen LogP) is 2.48. The fourth-order valence-corrected chi connectivity index (χ4v) is 3.68. The molecule has 1 aliphatic carbocycles. The second kappa shape index (κ2) is 6.27. The largest absolute Gasteiger partial charge is 0.310 e. The van der Waals surface area contributed by atoms with Crippen molar-refractivity contribution >= 4 is 21.4 Å². The Kier molecular flexibility index (Phi) is 4.40. The summed E-state index contributed by atoms with van der Waals surface area (Å²) in [5.74, 6) is 0. The molecule has 1 aromatic carbocycles. The summed E-state index contributed by atoms with van der Waals surface area (Å²) >= 11 is 1.56. The summed E-state index contributed by atoms with van der Waals surface area (Å²) in [5, 5.41) is 7.29. The van der Waals surface area contributed by atoms with Crippen molar-refractivity contribution in [2.75, 3.05) is 0 Å². The molecule has 1 aliphatic rings. The van der Waals surface area contributed by atoms with Gasteiger partial charge in [0, 0.05) is 19.1 Å². The first kappa shape index (κ1) is 14.7. The lowest BCUT2D eigenvalue weighted by Crippen LogP contribution is -2.23. The van der Waals surface area contributed by atoms with Crippen LogP contribution in [0.3, 0.4) is 0 Å². The first-order chi connectivity index (χ1) is 10.1. The average Bonchev–Trinajstić information content (AvgIpc) is 3.17. The molecular formula is C15H18N2O2S2. The van der Waals surface area contributed by atoms with Gasteiger partial charge in [-0.05, 0) is 52.9 Å². The van der Waals surface area contributed by atoms with Crippen molar-refractivity contribution in [3.63, 3.8) is 0 Å². The van der Waals surface area contributed by atoms with E-state index in [1.807, 2.05) is 29.0 Å². The van der Waals surface area contributed by atoms with Gasteiger partial charge < -0.3 is 5.32 Å². The highest BCUT2D eigenvalue weighted by atomic mass is 32.2. The SMILES string of the molecule is O=S(=O)(NCc1ccsc1)c1ccc(CNC2CC2)cc1. The molecule has 0 bridgehead atoms. The van der Waals surface area contributed by atoms with Crippen LogP contribution in [-0.2, 0) is 23.1 Å². The van der Waals surface area contributed by atoms with E-state index in [0.29, 0.717) is 17.5 Å². The van der Waals surface area contributed by atoms with Crippen molar-refractivity contribution in [1.29, 1.82) is 0 Å². The molecule has 3 rings (SSSR count). The molecule has 0 saturated heterocycles. The summed E-state index contributed by atoms with van der Waals surface area (Å²) in [6, 6.07) is 9.64. The van der Waals surface area contributed by atoms with Crippen LogP contribution in [0.5, 0.6) is 0 Å². The maximum Gasteiger partial charge on any atom is 0.240 e. The monoisotopic (exact) mass is 322 g/mol. The maximum absolute atomic E-state index is 12.2. The highest BCUT2D eigenvalue weighted by molar-refractivity contribution is 7.89. The van der Waals surface area contributed by atoms with Crippen molar-refractivity contribution in [3.05, 3.63) is 52.2 Å². The summed E-state index contributed by atoms with van der Waals surface area (Å²) in [6.45, 7) is 1.13. The van der Waals surface area contributed by atoms with Crippen LogP contribution in [0.4, 0.5) is 0 Å². The Bertz CT molecular complexity index is 675. The summed E-state index contributed by atoms with van der Waals surface area (Å²) in [4.78, 5) is 0.313. The van der Waals surface area contributed by atoms with Gasteiger partial charge in [-0.1, -0.05) is 12.1 Å². The molecule has 2 aromatic rings. The van der Waals surface area contributed by atoms with Crippen LogP contribution in [0.25, 0.3) is 0 Å². The summed E-state index contributed by atoms with van der Waals surface area (Å²) in [6.07, 6.45) is 2.50. The van der Waals surface area contributed by atoms with Crippen molar-refractivity contribution in [3.8, 4) is 0 Å². The van der Waals surface area contributed by atoms with Crippen molar-refractivity contribution in [2.24, 2.45) is 0 Å². The number of nitrogens with one attached hydrogen (secondary N) is 2. The van der Waals surface area contributed by atoms with E-state index in [-0.39, 0.29) is 0 Å². The third kappa shape index (κ3) is 4.14. The standard InChI is InChI=1S/C15H18N2O2S2/c18-21(19,17-10-13-7-8-20-11-13)15-5-1-12(2-6-15)9-16-14-3-4-14/h1-2,5-8,11,14,16-17H,3-4,9-10H2. The number of sulfonamides is 1. The highest BCUT2D eigenvalue weighted by Gasteiger charge is 2.20. The third-order valence-electron chi connectivity index (χ3n) is 3.45. The molecule has 1 fully saturated rings. The van der Waals surface area contributed by atoms with Crippen LogP contribution in [0.2, 0.25) is 0 Å². The van der Waals surface area contributed by atoms with Gasteiger partial charge in [0.2, 0.25) is 10.0 Å². The Morgan fingerprint density at radius 3 is 2.43 bits per heavy atom. The first-order valence-corrected chi connectivity index (χ1v) is 9.39. The van der Waals surface area contributed by atoms with E-state index in [9.17, 15) is 8.42 Å². The second-order valence-corrected chi connectivity index (χ2v) is 7.80. The zero-order valence-electron chi connectivity index (χ0n) is 11.6. The van der Waals surface area contributed by atoms with Gasteiger partial charge in [0.05, 0.1) is 4.90 Å². The minimum atomic E-state index is -3.44. The minimum absolute atomic E-state index is 0.313. The van der Waals surface area contributed by atoms with E-state index in [4.69, 9.17) is 0 Å². The van der Waals surface area contributed by atoms with Crippen LogP contribution in [0, 0.1) is 0 Å². The quantitative estimate of drug-likeness (QED) is 0.823. The molecule has 2 N–H and O–H groups in total. The molecule has 1 aromatic heterocycles. The van der Waals surface area contributed by atoms with Gasteiger partial charge in [0.1, 0.15) is 0 Å². The molecule has 4 nitrogen and oxygen atoms in total. The second-order valence-electron chi connectivity index (χ2n) is 5.26. The Morgan fingerprint density at radius 2 is 1.81 bits per heavy atom. The smallest absolute Gasteiger partial charge is 0.240 e. The normalized spacial score (nSPS) is 15.2. The van der Waals surface area contributed by atoms with E-state index in [1.165, 1.54) is 12.8 Å². The first-order valence-electron chi connectivity index (χ1n) is 6.96. The van der Waals surface area contributed by atoms with Gasteiger partial charge in [-0.15, -0.1) is 0 Å². The Labute approximate surface area is 129 Å². The van der Waals surface area contributed by atoms with E-state index >= 15 is 0 Å². The molecule has 1 saturated carbocycles. The molecule has 0 aliphatic heterocycles. The molecule has 0 amide bonds. The van der Waals surface area contributed by atoms with Gasteiger partial charge in [-0.25, -0.2) is 13.1 Å². The molecule has 1 heterocycles. The van der Waals surface area contributed by atoms with E-state index < -0.39 is 10.0 Å². The zero-order valence-corrected chi connectivity index (χ0v) is 13.2. The fourth-order valence-electron chi connectivity index (χ4n) is 1.99. The van der Waals surface area contributed by atoms with Gasteiger partial charge >= 0.3 is 0 Å². The molecule has 6 heteroatoms. The highest BCUT2D eigenvalue weighted by Crippen LogP contribution is 2.19. The van der Waals surface area contributed by atoms with Gasteiger partial charge in [0.15, 0.2) is 0 Å². The van der Waals surface area contributed by atoms with E-state index in [2.05, 4.69) is 10.0 Å². The number of hydrogen-bond donors (Lipinski definition) is 2. The van der Waals surface area contributed by atoms with Crippen LogP contribution >= 0.6 is 11.3 Å². The molecule has 0 radical (unpaired) electrons. The molecule has 21 heavy (non-hydrogen) atoms. The molecular weight excluding hydrogens is 304 g/mol. The van der Waals surface area contributed by atoms with Gasteiger partial charge in [-0.2, -0.15) is 11.3 Å². The zero-order chi connectivity index (χ0) is 14.7. The van der Waals surface area contributed by atoms with Gasteiger partial charge in [-0.3, -0.25) is 0 Å². The number of rotatable bonds is 7. The van der Waals surface area contributed by atoms with E-state index in [0.717, 1.165) is 17.7 Å². The lowest BCUT2D eigenvalue weighted by atomic mass is 10.2. The van der Waals surface area contributed by atoms with Crippen LogP contribution in [0.15, 0.2) is 46.0 Å². The Hall–Kier alpha value is -1.21. The summed E-state index contributed by atoms with van der Waals surface area (Å²) in [5.41, 5.74) is 2.09. The molecule has 0 atom stereocenters. The number of hydrogen-bond acceptors (Lipinski definition) is 4. The molecule has 0 spiro atoms. The van der Waals surface area contributed by atoms with Crippen molar-refractivity contribution in [2.45, 2.75) is 36.9 Å². The summed E-state index contributed by atoms with van der Waals surface area (Å²) in [7, 11) is -3.44.